The van der Waals surface area contributed by atoms with Crippen molar-refractivity contribution in [2.24, 2.45) is 0 Å². The van der Waals surface area contributed by atoms with E-state index >= 15 is 0 Å². The van der Waals surface area contributed by atoms with Crippen molar-refractivity contribution in [1.82, 2.24) is 15.6 Å². The molecule has 0 aliphatic carbocycles. The van der Waals surface area contributed by atoms with Gasteiger partial charge >= 0.3 is 12.0 Å². The van der Waals surface area contributed by atoms with E-state index < -0.39 is 30.4 Å². The molecule has 10 heteroatoms. The van der Waals surface area contributed by atoms with Crippen LogP contribution in [0.1, 0.15) is 23.6 Å². The summed E-state index contributed by atoms with van der Waals surface area (Å²) < 4.78 is 12.0. The van der Waals surface area contributed by atoms with Gasteiger partial charge in [-0.15, -0.1) is 0 Å². The molecule has 0 aliphatic heterocycles. The molecule has 9 nitrogen and oxygen atoms in total. The van der Waals surface area contributed by atoms with Gasteiger partial charge in [-0.25, -0.2) is 9.59 Å². The lowest BCUT2D eigenvalue weighted by Gasteiger charge is -2.17. The zero-order chi connectivity index (χ0) is 20.4. The predicted molar refractivity (Wildman–Crippen MR) is 95.1 cm³/mol. The Morgan fingerprint density at radius 3 is 2.57 bits per heavy atom. The number of hydrogen-bond acceptors (Lipinski definition) is 6. The molecule has 3 amide bonds. The molecule has 0 aliphatic rings. The number of nitrogens with one attached hydrogen (secondary N) is 3. The third-order valence-corrected chi connectivity index (χ3v) is 3.56. The van der Waals surface area contributed by atoms with Crippen molar-refractivity contribution >= 4 is 23.6 Å². The Balaban J connectivity index is 1.88. The molecule has 0 spiro atoms. The summed E-state index contributed by atoms with van der Waals surface area (Å²) in [6.07, 6.45) is 2.48. The number of urea groups is 1. The lowest BCUT2D eigenvalue weighted by atomic mass is 10.1. The van der Waals surface area contributed by atoms with E-state index in [1.165, 1.54) is 24.5 Å². The van der Waals surface area contributed by atoms with Crippen LogP contribution in [0.3, 0.4) is 0 Å². The van der Waals surface area contributed by atoms with E-state index in [9.17, 15) is 18.9 Å². The topological polar surface area (TPSA) is 133 Å². The Hall–Kier alpha value is -4.00. The fourth-order valence-corrected chi connectivity index (χ4v) is 2.24. The molecule has 1 heterocycles. The molecule has 1 unspecified atom stereocenters. The van der Waals surface area contributed by atoms with Gasteiger partial charge in [-0.2, -0.15) is 5.26 Å². The molecule has 3 N–H and O–H groups in total. The molecular formula is C18H16FN5O4. The Morgan fingerprint density at radius 2 is 1.96 bits per heavy atom. The third-order valence-electron chi connectivity index (χ3n) is 3.56. The molecule has 0 fully saturated rings. The first-order chi connectivity index (χ1) is 13.5. The first kappa shape index (κ1) is 20.3. The van der Waals surface area contributed by atoms with E-state index in [0.717, 1.165) is 0 Å². The molecule has 1 aromatic carbocycles. The van der Waals surface area contributed by atoms with Gasteiger partial charge in [0.2, 0.25) is 5.91 Å². The van der Waals surface area contributed by atoms with Crippen molar-refractivity contribution in [3.05, 3.63) is 59.9 Å². The summed E-state index contributed by atoms with van der Waals surface area (Å²) >= 11 is 0. The van der Waals surface area contributed by atoms with Crippen molar-refractivity contribution < 1.29 is 23.9 Å². The fraction of sp³-hybridized carbons (Fsp3) is 0.167. The number of benzene rings is 1. The molecule has 0 bridgehead atoms. The summed E-state index contributed by atoms with van der Waals surface area (Å²) in [4.78, 5) is 42.2. The van der Waals surface area contributed by atoms with Crippen LogP contribution >= 0.6 is 0 Å². The monoisotopic (exact) mass is 385 g/mol. The van der Waals surface area contributed by atoms with Crippen LogP contribution in [0.15, 0.2) is 48.8 Å². The van der Waals surface area contributed by atoms with Crippen molar-refractivity contribution in [2.75, 3.05) is 11.9 Å². The largest absolute Gasteiger partial charge is 0.351 e. The number of carbonyl (C=O) groups excluding carboxylic acids is 3. The molecule has 2 aromatic rings. The van der Waals surface area contributed by atoms with Crippen LogP contribution in [0, 0.1) is 11.3 Å². The number of pyridine rings is 1. The Morgan fingerprint density at radius 1 is 1.21 bits per heavy atom. The van der Waals surface area contributed by atoms with Crippen LogP contribution in [0.25, 0.3) is 0 Å². The van der Waals surface area contributed by atoms with Crippen LogP contribution in [0.2, 0.25) is 0 Å². The Bertz CT molecular complexity index is 868. The quantitative estimate of drug-likeness (QED) is 0.665. The number of aromatic nitrogens is 1. The minimum absolute atomic E-state index is 0.385. The number of halogens is 1. The van der Waals surface area contributed by atoms with Gasteiger partial charge in [0.15, 0.2) is 0 Å². The van der Waals surface area contributed by atoms with Crippen molar-refractivity contribution in [3.63, 3.8) is 0 Å². The highest BCUT2D eigenvalue weighted by Crippen LogP contribution is 2.16. The highest BCUT2D eigenvalue weighted by atomic mass is 19.3. The number of nitriles is 1. The molecule has 144 valence electrons. The highest BCUT2D eigenvalue weighted by Gasteiger charge is 2.20. The van der Waals surface area contributed by atoms with Crippen molar-refractivity contribution in [3.8, 4) is 6.07 Å². The lowest BCUT2D eigenvalue weighted by Crippen LogP contribution is -2.40. The van der Waals surface area contributed by atoms with Gasteiger partial charge in [-0.1, -0.05) is 6.07 Å². The summed E-state index contributed by atoms with van der Waals surface area (Å²) in [5.41, 5.74) is 1.36. The molecule has 0 radical (unpaired) electrons. The van der Waals surface area contributed by atoms with Crippen molar-refractivity contribution in [1.29, 1.82) is 5.26 Å². The number of rotatable bonds is 7. The smallest absolute Gasteiger partial charge is 0.347 e. The molecule has 0 saturated carbocycles. The first-order valence-electron chi connectivity index (χ1n) is 8.07. The maximum atomic E-state index is 12.1. The van der Waals surface area contributed by atoms with E-state index in [1.807, 2.05) is 6.07 Å². The standard InChI is InChI=1S/C18H16FN5O4/c19-28-17(26)8-15(13-2-1-7-21-10-13)24-16(25)11-22-18(27)23-14-5-3-12(9-20)4-6-14/h1-7,10,15H,8,11H2,(H,24,25)(H2,22,23,27). The van der Waals surface area contributed by atoms with Crippen LogP contribution < -0.4 is 16.0 Å². The molecular weight excluding hydrogens is 369 g/mol. The van der Waals surface area contributed by atoms with Gasteiger partial charge < -0.3 is 16.0 Å². The summed E-state index contributed by atoms with van der Waals surface area (Å²) in [5, 5.41) is 16.1. The van der Waals surface area contributed by atoms with Crippen LogP contribution in [0.5, 0.6) is 0 Å². The maximum Gasteiger partial charge on any atom is 0.351 e. The third kappa shape index (κ3) is 6.38. The van der Waals surface area contributed by atoms with Gasteiger partial charge in [0, 0.05) is 22.6 Å². The molecule has 2 rings (SSSR count). The van der Waals surface area contributed by atoms with E-state index in [1.54, 1.807) is 24.3 Å². The van der Waals surface area contributed by atoms with E-state index in [0.29, 0.717) is 16.8 Å². The van der Waals surface area contributed by atoms with Gasteiger partial charge in [0.25, 0.3) is 0 Å². The Labute approximate surface area is 159 Å². The number of anilines is 1. The van der Waals surface area contributed by atoms with Gasteiger partial charge in [0.1, 0.15) is 0 Å². The highest BCUT2D eigenvalue weighted by molar-refractivity contribution is 5.92. The zero-order valence-electron chi connectivity index (χ0n) is 14.5. The molecule has 0 saturated heterocycles. The van der Waals surface area contributed by atoms with Gasteiger partial charge in [-0.3, -0.25) is 14.7 Å². The summed E-state index contributed by atoms with van der Waals surface area (Å²) in [5.74, 6) is -1.75. The minimum Gasteiger partial charge on any atom is -0.347 e. The van der Waals surface area contributed by atoms with Crippen LogP contribution in [0.4, 0.5) is 15.0 Å². The van der Waals surface area contributed by atoms with Gasteiger partial charge in [-0.05, 0) is 35.9 Å². The van der Waals surface area contributed by atoms with E-state index in [2.05, 4.69) is 25.9 Å². The van der Waals surface area contributed by atoms with E-state index in [-0.39, 0.29) is 6.54 Å². The average molecular weight is 385 g/mol. The second-order valence-corrected chi connectivity index (χ2v) is 5.56. The zero-order valence-corrected chi connectivity index (χ0v) is 14.5. The first-order valence-corrected chi connectivity index (χ1v) is 8.07. The van der Waals surface area contributed by atoms with Gasteiger partial charge in [0.05, 0.1) is 30.6 Å². The lowest BCUT2D eigenvalue weighted by molar-refractivity contribution is -0.184. The van der Waals surface area contributed by atoms with E-state index in [4.69, 9.17) is 5.26 Å². The number of nitrogens with zero attached hydrogens (tertiary/aromatic N) is 2. The number of hydrogen-bond donors (Lipinski definition) is 3. The normalized spacial score (nSPS) is 10.9. The molecule has 28 heavy (non-hydrogen) atoms. The predicted octanol–water partition coefficient (Wildman–Crippen LogP) is 1.75. The second kappa shape index (κ2) is 10.2. The summed E-state index contributed by atoms with van der Waals surface area (Å²) in [6, 6.07) is 9.80. The average Bonchev–Trinajstić information content (AvgIpc) is 2.73. The Kier molecular flexibility index (Phi) is 7.42. The number of carbonyl (C=O) groups is 3. The number of amides is 3. The van der Waals surface area contributed by atoms with Crippen LogP contribution in [-0.2, 0) is 14.5 Å². The summed E-state index contributed by atoms with van der Waals surface area (Å²) in [6.45, 7) is -0.385. The summed E-state index contributed by atoms with van der Waals surface area (Å²) in [7, 11) is 0. The molecule has 1 aromatic heterocycles. The SMILES string of the molecule is N#Cc1ccc(NC(=O)NCC(=O)NC(CC(=O)OF)c2cccnc2)cc1. The molecule has 1 atom stereocenters. The minimum atomic E-state index is -1.15. The van der Waals surface area contributed by atoms with Crippen molar-refractivity contribution in [2.45, 2.75) is 12.5 Å². The van der Waals surface area contributed by atoms with Crippen LogP contribution in [-0.4, -0.2) is 29.4 Å². The maximum absolute atomic E-state index is 12.1. The second-order valence-electron chi connectivity index (χ2n) is 5.56. The fourth-order valence-electron chi connectivity index (χ4n) is 2.24.